The van der Waals surface area contributed by atoms with E-state index in [1.165, 1.54) is 27.8 Å². The highest BCUT2D eigenvalue weighted by molar-refractivity contribution is 5.97. The number of amides is 2. The van der Waals surface area contributed by atoms with Crippen molar-refractivity contribution in [2.75, 3.05) is 13.1 Å². The fraction of sp³-hybridized carbons (Fsp3) is 0.375. The fourth-order valence-corrected chi connectivity index (χ4v) is 2.87. The highest BCUT2D eigenvalue weighted by atomic mass is 16.6. The zero-order valence-electron chi connectivity index (χ0n) is 14.4. The molecule has 1 aromatic carbocycles. The van der Waals surface area contributed by atoms with Crippen molar-refractivity contribution in [2.24, 2.45) is 0 Å². The van der Waals surface area contributed by atoms with Gasteiger partial charge in [0.25, 0.3) is 11.6 Å². The van der Waals surface area contributed by atoms with Crippen molar-refractivity contribution in [1.82, 2.24) is 25.2 Å². The van der Waals surface area contributed by atoms with Gasteiger partial charge in [0.1, 0.15) is 6.04 Å². The van der Waals surface area contributed by atoms with Crippen molar-refractivity contribution in [2.45, 2.75) is 26.3 Å². The maximum atomic E-state index is 12.9. The minimum absolute atomic E-state index is 0.0805. The molecule has 1 saturated heterocycles. The largest absolute Gasteiger partial charge is 0.354 e. The van der Waals surface area contributed by atoms with E-state index in [9.17, 15) is 19.7 Å². The van der Waals surface area contributed by atoms with Gasteiger partial charge in [-0.15, -0.1) is 5.10 Å². The summed E-state index contributed by atoms with van der Waals surface area (Å²) in [6.45, 7) is 4.28. The van der Waals surface area contributed by atoms with Crippen LogP contribution < -0.4 is 5.32 Å². The van der Waals surface area contributed by atoms with Crippen LogP contribution in [0.4, 0.5) is 5.69 Å². The molecule has 1 aliphatic rings. The number of hydrogen-bond acceptors (Lipinski definition) is 6. The van der Waals surface area contributed by atoms with Crippen LogP contribution in [0.1, 0.15) is 29.5 Å². The number of carbonyl (C=O) groups excluding carboxylic acids is 2. The van der Waals surface area contributed by atoms with Gasteiger partial charge in [-0.05, 0) is 26.3 Å². The zero-order valence-corrected chi connectivity index (χ0v) is 14.4. The summed E-state index contributed by atoms with van der Waals surface area (Å²) in [5.41, 5.74) is 0.929. The van der Waals surface area contributed by atoms with Gasteiger partial charge < -0.3 is 10.2 Å². The maximum absolute atomic E-state index is 12.9. The Hall–Kier alpha value is -3.30. The monoisotopic (exact) mass is 358 g/mol. The average Bonchev–Trinajstić information content (AvgIpc) is 2.93. The Morgan fingerprint density at radius 2 is 2.19 bits per heavy atom. The van der Waals surface area contributed by atoms with Gasteiger partial charge in [0.15, 0.2) is 5.69 Å². The van der Waals surface area contributed by atoms with Crippen molar-refractivity contribution in [3.05, 3.63) is 45.8 Å². The number of rotatable bonds is 3. The Morgan fingerprint density at radius 3 is 2.92 bits per heavy atom. The van der Waals surface area contributed by atoms with Gasteiger partial charge in [0, 0.05) is 25.2 Å². The summed E-state index contributed by atoms with van der Waals surface area (Å²) < 4.78 is 1.38. The fourth-order valence-electron chi connectivity index (χ4n) is 2.87. The van der Waals surface area contributed by atoms with E-state index in [4.69, 9.17) is 0 Å². The third kappa shape index (κ3) is 3.13. The number of hydrogen-bond donors (Lipinski definition) is 1. The maximum Gasteiger partial charge on any atom is 0.277 e. The SMILES string of the molecule is Cc1c(C(=O)N2CCCNC(=O)[C@H]2C)nnn1-c1cccc([N+](=O)[O-])c1. The average molecular weight is 358 g/mol. The molecule has 1 fully saturated rings. The molecule has 0 saturated carbocycles. The van der Waals surface area contributed by atoms with Crippen LogP contribution in [-0.4, -0.2) is 55.8 Å². The van der Waals surface area contributed by atoms with Crippen molar-refractivity contribution in [3.63, 3.8) is 0 Å². The first kappa shape index (κ1) is 17.5. The lowest BCUT2D eigenvalue weighted by molar-refractivity contribution is -0.384. The molecule has 2 heterocycles. The van der Waals surface area contributed by atoms with Crippen molar-refractivity contribution in [1.29, 1.82) is 0 Å². The van der Waals surface area contributed by atoms with E-state index in [1.54, 1.807) is 19.9 Å². The van der Waals surface area contributed by atoms with E-state index in [1.807, 2.05) is 0 Å². The Labute approximate surface area is 148 Å². The first-order valence-electron chi connectivity index (χ1n) is 8.16. The van der Waals surface area contributed by atoms with E-state index in [0.717, 1.165) is 0 Å². The molecule has 1 N–H and O–H groups in total. The second-order valence-electron chi connectivity index (χ2n) is 6.03. The summed E-state index contributed by atoms with van der Waals surface area (Å²) in [6, 6.07) is 5.31. The zero-order chi connectivity index (χ0) is 18.8. The third-order valence-corrected chi connectivity index (χ3v) is 4.37. The molecule has 2 aromatic rings. The van der Waals surface area contributed by atoms with E-state index >= 15 is 0 Å². The molecule has 0 radical (unpaired) electrons. The molecule has 3 rings (SSSR count). The Bertz CT molecular complexity index is 877. The van der Waals surface area contributed by atoms with E-state index in [-0.39, 0.29) is 23.2 Å². The molecule has 0 bridgehead atoms. The Morgan fingerprint density at radius 1 is 1.42 bits per heavy atom. The summed E-state index contributed by atoms with van der Waals surface area (Å²) in [7, 11) is 0. The molecule has 136 valence electrons. The van der Waals surface area contributed by atoms with Gasteiger partial charge in [-0.3, -0.25) is 19.7 Å². The van der Waals surface area contributed by atoms with E-state index < -0.39 is 11.0 Å². The quantitative estimate of drug-likeness (QED) is 0.640. The minimum Gasteiger partial charge on any atom is -0.354 e. The predicted octanol–water partition coefficient (Wildman–Crippen LogP) is 0.835. The van der Waals surface area contributed by atoms with Crippen molar-refractivity contribution in [3.8, 4) is 5.69 Å². The lowest BCUT2D eigenvalue weighted by atomic mass is 10.2. The number of aromatic nitrogens is 3. The standard InChI is InChI=1S/C16H18N6O4/c1-10-14(16(24)20-8-4-7-17-15(23)11(20)2)18-19-21(10)12-5-3-6-13(9-12)22(25)26/h3,5-6,9,11H,4,7-8H2,1-2H3,(H,17,23)/t11-/m1/s1. The van der Waals surface area contributed by atoms with E-state index in [2.05, 4.69) is 15.6 Å². The molecule has 0 aliphatic carbocycles. The second kappa shape index (κ2) is 6.90. The third-order valence-electron chi connectivity index (χ3n) is 4.37. The van der Waals surface area contributed by atoms with Gasteiger partial charge in [-0.2, -0.15) is 0 Å². The van der Waals surface area contributed by atoms with Gasteiger partial charge in [0.05, 0.1) is 16.3 Å². The van der Waals surface area contributed by atoms with Gasteiger partial charge in [-0.25, -0.2) is 4.68 Å². The highest BCUT2D eigenvalue weighted by Crippen LogP contribution is 2.20. The van der Waals surface area contributed by atoms with Crippen LogP contribution in [0.3, 0.4) is 0 Å². The molecular weight excluding hydrogens is 340 g/mol. The normalized spacial score (nSPS) is 17.5. The molecule has 0 spiro atoms. The van der Waals surface area contributed by atoms with Crippen LogP contribution in [-0.2, 0) is 4.79 Å². The Kier molecular flexibility index (Phi) is 4.65. The van der Waals surface area contributed by atoms with Crippen molar-refractivity contribution < 1.29 is 14.5 Å². The van der Waals surface area contributed by atoms with Crippen LogP contribution in [0, 0.1) is 17.0 Å². The number of nitrogens with zero attached hydrogens (tertiary/aromatic N) is 5. The van der Waals surface area contributed by atoms with E-state index in [0.29, 0.717) is 30.9 Å². The van der Waals surface area contributed by atoms with Gasteiger partial charge >= 0.3 is 0 Å². The second-order valence-corrected chi connectivity index (χ2v) is 6.03. The number of nitrogens with one attached hydrogen (secondary N) is 1. The number of benzene rings is 1. The smallest absolute Gasteiger partial charge is 0.277 e. The van der Waals surface area contributed by atoms with Crippen LogP contribution in [0.15, 0.2) is 24.3 Å². The minimum atomic E-state index is -0.604. The summed E-state index contributed by atoms with van der Waals surface area (Å²) in [5.74, 6) is -0.594. The summed E-state index contributed by atoms with van der Waals surface area (Å²) in [4.78, 5) is 36.8. The number of nitro groups is 1. The van der Waals surface area contributed by atoms with Crippen LogP contribution >= 0.6 is 0 Å². The molecule has 1 aromatic heterocycles. The van der Waals surface area contributed by atoms with Crippen LogP contribution in [0.5, 0.6) is 0 Å². The molecule has 10 nitrogen and oxygen atoms in total. The number of non-ortho nitro benzene ring substituents is 1. The lowest BCUT2D eigenvalue weighted by Gasteiger charge is -2.24. The van der Waals surface area contributed by atoms with Crippen LogP contribution in [0.25, 0.3) is 5.69 Å². The number of carbonyl (C=O) groups is 2. The van der Waals surface area contributed by atoms with Gasteiger partial charge in [0.2, 0.25) is 5.91 Å². The predicted molar refractivity (Wildman–Crippen MR) is 90.9 cm³/mol. The molecule has 1 atom stereocenters. The summed E-state index contributed by atoms with van der Waals surface area (Å²) in [6.07, 6.45) is 0.653. The lowest BCUT2D eigenvalue weighted by Crippen LogP contribution is -2.45. The summed E-state index contributed by atoms with van der Waals surface area (Å²) >= 11 is 0. The molecule has 10 heteroatoms. The van der Waals surface area contributed by atoms with Crippen LogP contribution in [0.2, 0.25) is 0 Å². The highest BCUT2D eigenvalue weighted by Gasteiger charge is 2.31. The molecule has 0 unspecified atom stereocenters. The molecule has 2 amide bonds. The molecule has 1 aliphatic heterocycles. The van der Waals surface area contributed by atoms with Crippen molar-refractivity contribution >= 4 is 17.5 Å². The topological polar surface area (TPSA) is 123 Å². The number of nitro benzene ring substituents is 1. The Balaban J connectivity index is 1.93. The molecule has 26 heavy (non-hydrogen) atoms. The first-order valence-corrected chi connectivity index (χ1v) is 8.16. The molecular formula is C16H18N6O4. The van der Waals surface area contributed by atoms with Gasteiger partial charge in [-0.1, -0.05) is 11.3 Å². The summed E-state index contributed by atoms with van der Waals surface area (Å²) in [5, 5.41) is 21.6. The first-order chi connectivity index (χ1) is 12.4.